The lowest BCUT2D eigenvalue weighted by atomic mass is 10.2. The molecule has 6 heteroatoms. The Morgan fingerprint density at radius 3 is 2.86 bits per heavy atom. The van der Waals surface area contributed by atoms with Crippen molar-refractivity contribution in [3.05, 3.63) is 29.0 Å². The van der Waals surface area contributed by atoms with E-state index in [9.17, 15) is 9.59 Å². The quantitative estimate of drug-likeness (QED) is 0.721. The molecular formula is C8H7ClN2O3. The van der Waals surface area contributed by atoms with Crippen LogP contribution in [0.2, 0.25) is 5.15 Å². The van der Waals surface area contributed by atoms with Gasteiger partial charge in [-0.15, -0.1) is 0 Å². The molecule has 0 aliphatic rings. The minimum absolute atomic E-state index is 0.188. The van der Waals surface area contributed by atoms with Crippen LogP contribution in [0.5, 0.6) is 0 Å². The number of carbonyl (C=O) groups is 2. The highest BCUT2D eigenvalue weighted by Gasteiger charge is 2.07. The van der Waals surface area contributed by atoms with E-state index in [0.29, 0.717) is 0 Å². The van der Waals surface area contributed by atoms with E-state index < -0.39 is 18.4 Å². The van der Waals surface area contributed by atoms with Crippen LogP contribution in [-0.4, -0.2) is 28.5 Å². The highest BCUT2D eigenvalue weighted by Crippen LogP contribution is 2.06. The summed E-state index contributed by atoms with van der Waals surface area (Å²) < 4.78 is 0. The number of hydrogen-bond acceptors (Lipinski definition) is 3. The molecular weight excluding hydrogens is 208 g/mol. The lowest BCUT2D eigenvalue weighted by molar-refractivity contribution is -0.135. The molecule has 0 fully saturated rings. The van der Waals surface area contributed by atoms with E-state index in [1.54, 1.807) is 0 Å². The number of aliphatic carboxylic acids is 1. The second-order valence-electron chi connectivity index (χ2n) is 2.44. The molecule has 14 heavy (non-hydrogen) atoms. The number of nitrogens with one attached hydrogen (secondary N) is 1. The number of hydrogen-bond donors (Lipinski definition) is 2. The van der Waals surface area contributed by atoms with E-state index in [2.05, 4.69) is 10.3 Å². The summed E-state index contributed by atoms with van der Waals surface area (Å²) in [6.45, 7) is -0.418. The first-order valence-electron chi connectivity index (χ1n) is 3.71. The van der Waals surface area contributed by atoms with E-state index in [0.717, 1.165) is 0 Å². The Morgan fingerprint density at radius 1 is 1.57 bits per heavy atom. The summed E-state index contributed by atoms with van der Waals surface area (Å²) in [4.78, 5) is 25.1. The average Bonchev–Trinajstić information content (AvgIpc) is 2.14. The zero-order chi connectivity index (χ0) is 10.6. The Kier molecular flexibility index (Phi) is 3.41. The van der Waals surface area contributed by atoms with Crippen LogP contribution in [0.25, 0.3) is 0 Å². The summed E-state index contributed by atoms with van der Waals surface area (Å²) >= 11 is 5.54. The molecule has 0 aliphatic heterocycles. The van der Waals surface area contributed by atoms with Gasteiger partial charge in [-0.2, -0.15) is 0 Å². The lowest BCUT2D eigenvalue weighted by Crippen LogP contribution is -2.29. The Morgan fingerprint density at radius 2 is 2.29 bits per heavy atom. The van der Waals surface area contributed by atoms with Gasteiger partial charge in [0.2, 0.25) is 0 Å². The van der Waals surface area contributed by atoms with Crippen LogP contribution >= 0.6 is 11.6 Å². The van der Waals surface area contributed by atoms with Crippen LogP contribution in [0.15, 0.2) is 18.3 Å². The first-order chi connectivity index (χ1) is 6.59. The number of halogens is 1. The molecule has 0 aromatic carbocycles. The third kappa shape index (κ3) is 3.02. The van der Waals surface area contributed by atoms with Crippen molar-refractivity contribution in [2.45, 2.75) is 0 Å². The molecule has 5 nitrogen and oxygen atoms in total. The Balaban J connectivity index is 2.65. The standard InChI is InChI=1S/C8H7ClN2O3/c9-6-3-5(1-2-10-6)8(14)11-4-7(12)13/h1-3H,4H2,(H,11,14)(H,12,13). The maximum absolute atomic E-state index is 11.2. The van der Waals surface area contributed by atoms with Crippen LogP contribution in [-0.2, 0) is 4.79 Å². The van der Waals surface area contributed by atoms with Crippen LogP contribution in [0.4, 0.5) is 0 Å². The summed E-state index contributed by atoms with van der Waals surface area (Å²) in [5.41, 5.74) is 0.284. The topological polar surface area (TPSA) is 79.3 Å². The lowest BCUT2D eigenvalue weighted by Gasteiger charge is -2.01. The number of rotatable bonds is 3. The molecule has 0 unspecified atom stereocenters. The van der Waals surface area contributed by atoms with Crippen molar-refractivity contribution in [3.8, 4) is 0 Å². The molecule has 1 aromatic heterocycles. The van der Waals surface area contributed by atoms with Crippen LogP contribution in [0, 0.1) is 0 Å². The molecule has 1 heterocycles. The van der Waals surface area contributed by atoms with Gasteiger partial charge in [0.05, 0.1) is 0 Å². The molecule has 1 aromatic rings. The molecule has 0 spiro atoms. The van der Waals surface area contributed by atoms with Crippen molar-refractivity contribution < 1.29 is 14.7 Å². The maximum Gasteiger partial charge on any atom is 0.322 e. The van der Waals surface area contributed by atoms with E-state index >= 15 is 0 Å². The van der Waals surface area contributed by atoms with Gasteiger partial charge in [-0.05, 0) is 12.1 Å². The molecule has 0 atom stereocenters. The molecule has 0 saturated carbocycles. The number of carbonyl (C=O) groups excluding carboxylic acids is 1. The molecule has 0 radical (unpaired) electrons. The number of pyridine rings is 1. The van der Waals surface area contributed by atoms with Gasteiger partial charge in [0, 0.05) is 11.8 Å². The third-order valence-corrected chi connectivity index (χ3v) is 1.60. The Bertz CT molecular complexity index is 367. The molecule has 0 saturated heterocycles. The van der Waals surface area contributed by atoms with Crippen LogP contribution in [0.1, 0.15) is 10.4 Å². The minimum Gasteiger partial charge on any atom is -0.480 e. The Labute approximate surface area is 84.7 Å². The zero-order valence-electron chi connectivity index (χ0n) is 7.03. The SMILES string of the molecule is O=C(O)CNC(=O)c1ccnc(Cl)c1. The highest BCUT2D eigenvalue weighted by molar-refractivity contribution is 6.29. The molecule has 1 rings (SSSR count). The summed E-state index contributed by atoms with van der Waals surface area (Å²) in [5, 5.41) is 10.7. The van der Waals surface area contributed by atoms with Crippen molar-refractivity contribution in [1.29, 1.82) is 0 Å². The van der Waals surface area contributed by atoms with Crippen molar-refractivity contribution in [3.63, 3.8) is 0 Å². The van der Waals surface area contributed by atoms with Gasteiger partial charge >= 0.3 is 5.97 Å². The van der Waals surface area contributed by atoms with Gasteiger partial charge in [-0.1, -0.05) is 11.6 Å². The number of amides is 1. The number of carboxylic acids is 1. The number of aromatic nitrogens is 1. The molecule has 0 aliphatic carbocycles. The second kappa shape index (κ2) is 4.57. The van der Waals surface area contributed by atoms with Gasteiger partial charge in [0.1, 0.15) is 11.7 Å². The largest absolute Gasteiger partial charge is 0.480 e. The molecule has 2 N–H and O–H groups in total. The predicted molar refractivity (Wildman–Crippen MR) is 49.2 cm³/mol. The summed E-state index contributed by atoms with van der Waals surface area (Å²) in [7, 11) is 0. The maximum atomic E-state index is 11.2. The predicted octanol–water partition coefficient (Wildman–Crippen LogP) is 0.549. The van der Waals surface area contributed by atoms with Gasteiger partial charge in [-0.25, -0.2) is 4.98 Å². The van der Waals surface area contributed by atoms with Crippen molar-refractivity contribution in [2.75, 3.05) is 6.54 Å². The average molecular weight is 215 g/mol. The van der Waals surface area contributed by atoms with Crippen LogP contribution < -0.4 is 5.32 Å². The first kappa shape index (κ1) is 10.5. The van der Waals surface area contributed by atoms with Gasteiger partial charge in [0.25, 0.3) is 5.91 Å². The summed E-state index contributed by atoms with van der Waals surface area (Å²) in [6.07, 6.45) is 1.37. The van der Waals surface area contributed by atoms with E-state index in [4.69, 9.17) is 16.7 Å². The van der Waals surface area contributed by atoms with Gasteiger partial charge in [-0.3, -0.25) is 9.59 Å². The molecule has 0 bridgehead atoms. The fraction of sp³-hybridized carbons (Fsp3) is 0.125. The summed E-state index contributed by atoms with van der Waals surface area (Å²) in [5.74, 6) is -1.59. The van der Waals surface area contributed by atoms with E-state index in [1.165, 1.54) is 18.3 Å². The van der Waals surface area contributed by atoms with E-state index in [1.807, 2.05) is 0 Å². The fourth-order valence-corrected chi connectivity index (χ4v) is 0.976. The minimum atomic E-state index is -1.10. The van der Waals surface area contributed by atoms with Gasteiger partial charge < -0.3 is 10.4 Å². The fourth-order valence-electron chi connectivity index (χ4n) is 0.802. The summed E-state index contributed by atoms with van der Waals surface area (Å²) in [6, 6.07) is 2.81. The number of carboxylic acid groups (broad SMARTS) is 1. The molecule has 74 valence electrons. The normalized spacial score (nSPS) is 9.50. The smallest absolute Gasteiger partial charge is 0.322 e. The second-order valence-corrected chi connectivity index (χ2v) is 2.83. The monoisotopic (exact) mass is 214 g/mol. The van der Waals surface area contributed by atoms with E-state index in [-0.39, 0.29) is 10.7 Å². The van der Waals surface area contributed by atoms with Crippen molar-refractivity contribution in [1.82, 2.24) is 10.3 Å². The number of nitrogens with zero attached hydrogens (tertiary/aromatic N) is 1. The zero-order valence-corrected chi connectivity index (χ0v) is 7.78. The third-order valence-electron chi connectivity index (χ3n) is 1.39. The van der Waals surface area contributed by atoms with Crippen molar-refractivity contribution >= 4 is 23.5 Å². The van der Waals surface area contributed by atoms with Crippen LogP contribution in [0.3, 0.4) is 0 Å². The van der Waals surface area contributed by atoms with Crippen molar-refractivity contribution in [2.24, 2.45) is 0 Å². The molecule has 1 amide bonds. The first-order valence-corrected chi connectivity index (χ1v) is 4.09. The Hall–Kier alpha value is -1.62. The highest BCUT2D eigenvalue weighted by atomic mass is 35.5. The van der Waals surface area contributed by atoms with Gasteiger partial charge in [0.15, 0.2) is 0 Å².